The zero-order chi connectivity index (χ0) is 13.4. The lowest BCUT2D eigenvalue weighted by Gasteiger charge is -2.03. The number of fused-ring (bicyclic) bond motifs is 1. The van der Waals surface area contributed by atoms with E-state index in [4.69, 9.17) is 16.0 Å². The fourth-order valence-corrected chi connectivity index (χ4v) is 2.44. The Bertz CT molecular complexity index is 729. The van der Waals surface area contributed by atoms with Crippen molar-refractivity contribution in [3.05, 3.63) is 46.9 Å². The molecule has 0 spiro atoms. The van der Waals surface area contributed by atoms with E-state index in [0.29, 0.717) is 11.8 Å². The fourth-order valence-electron chi connectivity index (χ4n) is 2.19. The number of furan rings is 1. The zero-order valence-electron chi connectivity index (χ0n) is 10.8. The van der Waals surface area contributed by atoms with E-state index in [1.165, 1.54) is 0 Å². The molecule has 0 unspecified atom stereocenters. The largest absolute Gasteiger partial charge is 0.444 e. The van der Waals surface area contributed by atoms with Gasteiger partial charge in [0.15, 0.2) is 5.22 Å². The first kappa shape index (κ1) is 12.1. The molecule has 0 aliphatic rings. The van der Waals surface area contributed by atoms with Gasteiger partial charge in [-0.05, 0) is 24.6 Å². The van der Waals surface area contributed by atoms with Gasteiger partial charge in [0.2, 0.25) is 0 Å². The normalized spacial score (nSPS) is 11.1. The van der Waals surface area contributed by atoms with Gasteiger partial charge < -0.3 is 9.73 Å². The Morgan fingerprint density at radius 3 is 2.89 bits per heavy atom. The maximum atomic E-state index is 6.15. The first-order valence-corrected chi connectivity index (χ1v) is 6.43. The summed E-state index contributed by atoms with van der Waals surface area (Å²) >= 11 is 6.15. The van der Waals surface area contributed by atoms with Crippen LogP contribution in [-0.2, 0) is 13.6 Å². The highest BCUT2D eigenvalue weighted by atomic mass is 35.5. The smallest absolute Gasteiger partial charge is 0.199 e. The third-order valence-corrected chi connectivity index (χ3v) is 3.42. The van der Waals surface area contributed by atoms with Crippen molar-refractivity contribution in [1.82, 2.24) is 9.78 Å². The first-order chi connectivity index (χ1) is 9.15. The standard InChI is InChI=1S/C14H14ClN3O/c1-9-12(8-18(2)17-9)16-7-11-10-5-3-4-6-13(10)19-14(11)15/h3-6,8,16H,7H2,1-2H3. The van der Waals surface area contributed by atoms with Gasteiger partial charge in [-0.3, -0.25) is 4.68 Å². The quantitative estimate of drug-likeness (QED) is 0.792. The van der Waals surface area contributed by atoms with Gasteiger partial charge >= 0.3 is 0 Å². The molecule has 4 nitrogen and oxygen atoms in total. The van der Waals surface area contributed by atoms with Crippen molar-refractivity contribution in [3.8, 4) is 0 Å². The number of nitrogens with one attached hydrogen (secondary N) is 1. The molecule has 0 saturated carbocycles. The van der Waals surface area contributed by atoms with Gasteiger partial charge in [-0.15, -0.1) is 0 Å². The third kappa shape index (κ3) is 2.19. The molecule has 3 aromatic rings. The summed E-state index contributed by atoms with van der Waals surface area (Å²) in [5, 5.41) is 9.12. The number of hydrogen-bond acceptors (Lipinski definition) is 3. The minimum Gasteiger partial charge on any atom is -0.444 e. The van der Waals surface area contributed by atoms with Gasteiger partial charge in [-0.1, -0.05) is 18.2 Å². The molecular formula is C14H14ClN3O. The maximum absolute atomic E-state index is 6.15. The predicted molar refractivity (Wildman–Crippen MR) is 76.5 cm³/mol. The van der Waals surface area contributed by atoms with Crippen molar-refractivity contribution in [1.29, 1.82) is 0 Å². The van der Waals surface area contributed by atoms with E-state index >= 15 is 0 Å². The summed E-state index contributed by atoms with van der Waals surface area (Å²) in [4.78, 5) is 0. The Morgan fingerprint density at radius 1 is 1.37 bits per heavy atom. The molecule has 1 aromatic carbocycles. The number of nitrogens with zero attached hydrogens (tertiary/aromatic N) is 2. The van der Waals surface area contributed by atoms with Gasteiger partial charge in [0, 0.05) is 30.7 Å². The molecule has 0 atom stereocenters. The van der Waals surface area contributed by atoms with Crippen LogP contribution in [0.5, 0.6) is 0 Å². The summed E-state index contributed by atoms with van der Waals surface area (Å²) in [5.74, 6) is 0. The Morgan fingerprint density at radius 2 is 2.16 bits per heavy atom. The monoisotopic (exact) mass is 275 g/mol. The van der Waals surface area contributed by atoms with Crippen LogP contribution >= 0.6 is 11.6 Å². The second-order valence-corrected chi connectivity index (χ2v) is 4.85. The molecule has 3 rings (SSSR count). The van der Waals surface area contributed by atoms with Crippen LogP contribution in [0.2, 0.25) is 5.22 Å². The summed E-state index contributed by atoms with van der Waals surface area (Å²) in [6.45, 7) is 2.58. The number of benzene rings is 1. The molecule has 0 aliphatic carbocycles. The lowest BCUT2D eigenvalue weighted by atomic mass is 10.2. The SMILES string of the molecule is Cc1nn(C)cc1NCc1c(Cl)oc2ccccc12. The van der Waals surface area contributed by atoms with Crippen molar-refractivity contribution >= 4 is 28.3 Å². The Kier molecular flexibility index (Phi) is 2.95. The molecule has 98 valence electrons. The molecule has 0 fully saturated rings. The molecule has 0 aliphatic heterocycles. The zero-order valence-corrected chi connectivity index (χ0v) is 11.5. The number of rotatable bonds is 3. The number of para-hydroxylation sites is 1. The van der Waals surface area contributed by atoms with Crippen LogP contribution < -0.4 is 5.32 Å². The summed E-state index contributed by atoms with van der Waals surface area (Å²) < 4.78 is 7.31. The van der Waals surface area contributed by atoms with E-state index in [1.54, 1.807) is 4.68 Å². The molecular weight excluding hydrogens is 262 g/mol. The van der Waals surface area contributed by atoms with E-state index in [1.807, 2.05) is 44.4 Å². The maximum Gasteiger partial charge on any atom is 0.199 e. The summed E-state index contributed by atoms with van der Waals surface area (Å²) in [5.41, 5.74) is 3.75. The molecule has 0 amide bonds. The topological polar surface area (TPSA) is 43.0 Å². The molecule has 19 heavy (non-hydrogen) atoms. The Hall–Kier alpha value is -1.94. The number of aryl methyl sites for hydroxylation is 2. The fraction of sp³-hybridized carbons (Fsp3) is 0.214. The van der Waals surface area contributed by atoms with Crippen molar-refractivity contribution in [3.63, 3.8) is 0 Å². The molecule has 5 heteroatoms. The third-order valence-electron chi connectivity index (χ3n) is 3.12. The molecule has 2 aromatic heterocycles. The van der Waals surface area contributed by atoms with Crippen LogP contribution in [0.4, 0.5) is 5.69 Å². The van der Waals surface area contributed by atoms with Crippen molar-refractivity contribution in [2.75, 3.05) is 5.32 Å². The van der Waals surface area contributed by atoms with Gasteiger partial charge in [-0.2, -0.15) is 5.10 Å². The van der Waals surface area contributed by atoms with Crippen LogP contribution in [-0.4, -0.2) is 9.78 Å². The van der Waals surface area contributed by atoms with Crippen LogP contribution in [0.25, 0.3) is 11.0 Å². The number of halogens is 1. The first-order valence-electron chi connectivity index (χ1n) is 6.05. The molecule has 0 radical (unpaired) electrons. The number of aromatic nitrogens is 2. The van der Waals surface area contributed by atoms with Crippen LogP contribution in [0.15, 0.2) is 34.9 Å². The molecule has 2 heterocycles. The van der Waals surface area contributed by atoms with Crippen molar-refractivity contribution in [2.24, 2.45) is 7.05 Å². The number of anilines is 1. The van der Waals surface area contributed by atoms with E-state index in [2.05, 4.69) is 10.4 Å². The predicted octanol–water partition coefficient (Wildman–Crippen LogP) is 3.74. The minimum absolute atomic E-state index is 0.440. The summed E-state index contributed by atoms with van der Waals surface area (Å²) in [6, 6.07) is 7.84. The second-order valence-electron chi connectivity index (χ2n) is 4.51. The highest BCUT2D eigenvalue weighted by molar-refractivity contribution is 6.30. The van der Waals surface area contributed by atoms with Crippen molar-refractivity contribution in [2.45, 2.75) is 13.5 Å². The highest BCUT2D eigenvalue weighted by Crippen LogP contribution is 2.30. The minimum atomic E-state index is 0.440. The lowest BCUT2D eigenvalue weighted by molar-refractivity contribution is 0.613. The van der Waals surface area contributed by atoms with Crippen LogP contribution in [0, 0.1) is 6.92 Å². The van der Waals surface area contributed by atoms with Gasteiger partial charge in [-0.25, -0.2) is 0 Å². The van der Waals surface area contributed by atoms with Crippen LogP contribution in [0.3, 0.4) is 0 Å². The van der Waals surface area contributed by atoms with Gasteiger partial charge in [0.1, 0.15) is 5.58 Å². The molecule has 0 saturated heterocycles. The lowest BCUT2D eigenvalue weighted by Crippen LogP contribution is -1.99. The average molecular weight is 276 g/mol. The summed E-state index contributed by atoms with van der Waals surface area (Å²) in [7, 11) is 1.90. The van der Waals surface area contributed by atoms with Crippen molar-refractivity contribution < 1.29 is 4.42 Å². The Labute approximate surface area is 116 Å². The van der Waals surface area contributed by atoms with Gasteiger partial charge in [0.05, 0.1) is 11.4 Å². The summed E-state index contributed by atoms with van der Waals surface area (Å²) in [6.07, 6.45) is 1.95. The van der Waals surface area contributed by atoms with Gasteiger partial charge in [0.25, 0.3) is 0 Å². The van der Waals surface area contributed by atoms with E-state index in [-0.39, 0.29) is 0 Å². The number of hydrogen-bond donors (Lipinski definition) is 1. The second kappa shape index (κ2) is 4.63. The average Bonchev–Trinajstić information content (AvgIpc) is 2.86. The molecule has 0 bridgehead atoms. The van der Waals surface area contributed by atoms with E-state index in [0.717, 1.165) is 27.9 Å². The highest BCUT2D eigenvalue weighted by Gasteiger charge is 2.12. The van der Waals surface area contributed by atoms with E-state index in [9.17, 15) is 0 Å². The molecule has 1 N–H and O–H groups in total. The van der Waals surface area contributed by atoms with E-state index < -0.39 is 0 Å². The van der Waals surface area contributed by atoms with Crippen LogP contribution in [0.1, 0.15) is 11.3 Å². The Balaban J connectivity index is 1.89.